The van der Waals surface area contributed by atoms with E-state index in [4.69, 9.17) is 14.2 Å². The van der Waals surface area contributed by atoms with Gasteiger partial charge in [0.1, 0.15) is 17.8 Å². The molecular weight excluding hydrogens is 754 g/mol. The monoisotopic (exact) mass is 803 g/mol. The summed E-state index contributed by atoms with van der Waals surface area (Å²) in [5.41, 5.74) is 2.62. The van der Waals surface area contributed by atoms with E-state index in [1.807, 2.05) is 74.6 Å². The predicted molar refractivity (Wildman–Crippen MR) is 210 cm³/mol. The van der Waals surface area contributed by atoms with Crippen molar-refractivity contribution in [1.29, 1.82) is 0 Å². The quantitative estimate of drug-likeness (QED) is 0.169. The summed E-state index contributed by atoms with van der Waals surface area (Å²) < 4.78 is 17.9. The second kappa shape index (κ2) is 19.6. The fraction of sp³-hybridized carbons (Fsp3) is 0.415. The molecule has 4 amide bonds. The minimum absolute atomic E-state index is 0.0290. The number of rotatable bonds is 11. The second-order valence-electron chi connectivity index (χ2n) is 14.1. The van der Waals surface area contributed by atoms with Crippen LogP contribution in [0.2, 0.25) is 0 Å². The van der Waals surface area contributed by atoms with Gasteiger partial charge in [0.2, 0.25) is 23.6 Å². The Labute approximate surface area is 324 Å². The van der Waals surface area contributed by atoms with E-state index in [9.17, 15) is 19.2 Å². The van der Waals surface area contributed by atoms with Crippen molar-refractivity contribution in [1.82, 2.24) is 25.8 Å². The lowest BCUT2D eigenvalue weighted by molar-refractivity contribution is -0.144. The number of fused-ring (bicyclic) bond motifs is 1. The van der Waals surface area contributed by atoms with Crippen molar-refractivity contribution < 1.29 is 33.4 Å². The van der Waals surface area contributed by atoms with Crippen LogP contribution in [0.4, 0.5) is 0 Å². The molecule has 0 radical (unpaired) electrons. The molecule has 2 heterocycles. The van der Waals surface area contributed by atoms with Crippen LogP contribution in [-0.4, -0.2) is 92.7 Å². The molecule has 0 bridgehead atoms. The first-order valence-electron chi connectivity index (χ1n) is 18.3. The highest BCUT2D eigenvalue weighted by atomic mass is 79.9. The lowest BCUT2D eigenvalue weighted by atomic mass is 9.84. The van der Waals surface area contributed by atoms with Gasteiger partial charge in [-0.1, -0.05) is 78.3 Å². The molecule has 12 nitrogen and oxygen atoms in total. The number of carbonyl (C=O) groups excluding carboxylic acids is 4. The van der Waals surface area contributed by atoms with Gasteiger partial charge in [-0.05, 0) is 47.2 Å². The van der Waals surface area contributed by atoms with Crippen molar-refractivity contribution in [2.45, 2.75) is 51.6 Å². The van der Waals surface area contributed by atoms with Gasteiger partial charge in [-0.3, -0.25) is 19.2 Å². The average Bonchev–Trinajstić information content (AvgIpc) is 3.55. The van der Waals surface area contributed by atoms with Crippen LogP contribution in [-0.2, 0) is 41.5 Å². The summed E-state index contributed by atoms with van der Waals surface area (Å²) in [5, 5.41) is 9.99. The van der Waals surface area contributed by atoms with Crippen molar-refractivity contribution in [2.24, 2.45) is 5.41 Å². The molecule has 1 aromatic heterocycles. The summed E-state index contributed by atoms with van der Waals surface area (Å²) in [4.78, 5) is 60.8. The van der Waals surface area contributed by atoms with E-state index in [1.54, 1.807) is 18.2 Å². The van der Waals surface area contributed by atoms with E-state index in [0.29, 0.717) is 48.5 Å². The third kappa shape index (κ3) is 11.4. The molecule has 0 aliphatic carbocycles. The molecule has 0 saturated carbocycles. The fourth-order valence-electron chi connectivity index (χ4n) is 6.68. The Hall–Kier alpha value is -4.72. The fourth-order valence-corrected chi connectivity index (χ4v) is 7.06. The van der Waals surface area contributed by atoms with Crippen LogP contribution in [0.3, 0.4) is 0 Å². The van der Waals surface area contributed by atoms with Gasteiger partial charge >= 0.3 is 0 Å². The maximum atomic E-state index is 14.8. The van der Waals surface area contributed by atoms with Crippen LogP contribution < -0.4 is 20.7 Å². The number of aromatic nitrogens is 1. The minimum Gasteiger partial charge on any atom is -0.496 e. The first-order valence-corrected chi connectivity index (χ1v) is 19.1. The van der Waals surface area contributed by atoms with Crippen molar-refractivity contribution in [3.63, 3.8) is 0 Å². The Morgan fingerprint density at radius 1 is 0.944 bits per heavy atom. The van der Waals surface area contributed by atoms with Crippen molar-refractivity contribution in [3.8, 4) is 5.75 Å². The van der Waals surface area contributed by atoms with Gasteiger partial charge < -0.3 is 40.0 Å². The molecule has 54 heavy (non-hydrogen) atoms. The van der Waals surface area contributed by atoms with Gasteiger partial charge in [-0.15, -0.1) is 0 Å². The van der Waals surface area contributed by atoms with Crippen molar-refractivity contribution >= 4 is 50.5 Å². The third-order valence-corrected chi connectivity index (χ3v) is 9.83. The SMILES string of the molecule is COc1ccc(Br)cc1C(C(=O)NC(Cc1ccccc1)C(=O)NCCc1c[nH]c2ccccc12)N1CCOCCOCCNC(=O)CC(C)(C)CC1=O. The van der Waals surface area contributed by atoms with Gasteiger partial charge in [0.25, 0.3) is 0 Å². The number of halogens is 1. The Kier molecular flexibility index (Phi) is 14.7. The molecule has 3 aromatic carbocycles. The number of ether oxygens (including phenoxy) is 3. The Bertz CT molecular complexity index is 1880. The second-order valence-corrected chi connectivity index (χ2v) is 15.0. The molecule has 13 heteroatoms. The molecule has 2 atom stereocenters. The van der Waals surface area contributed by atoms with Crippen LogP contribution in [0.25, 0.3) is 10.9 Å². The zero-order chi connectivity index (χ0) is 38.5. The Balaban J connectivity index is 1.46. The lowest BCUT2D eigenvalue weighted by Gasteiger charge is -2.35. The van der Waals surface area contributed by atoms with E-state index in [1.165, 1.54) is 12.0 Å². The summed E-state index contributed by atoms with van der Waals surface area (Å²) in [6.07, 6.45) is 2.81. The first kappa shape index (κ1) is 40.5. The number of methoxy groups -OCH3 is 1. The topological polar surface area (TPSA) is 151 Å². The van der Waals surface area contributed by atoms with Crippen LogP contribution in [0.5, 0.6) is 5.75 Å². The van der Waals surface area contributed by atoms with Crippen molar-refractivity contribution in [3.05, 3.63) is 100 Å². The predicted octanol–water partition coefficient (Wildman–Crippen LogP) is 4.86. The molecule has 4 N–H and O–H groups in total. The van der Waals surface area contributed by atoms with Crippen LogP contribution >= 0.6 is 15.9 Å². The molecule has 1 fully saturated rings. The molecular formula is C41H50BrN5O7. The van der Waals surface area contributed by atoms with Gasteiger partial charge in [0.05, 0.1) is 33.5 Å². The number of H-pyrrole nitrogens is 1. The van der Waals surface area contributed by atoms with E-state index in [2.05, 4.69) is 36.9 Å². The number of amides is 4. The van der Waals surface area contributed by atoms with E-state index >= 15 is 0 Å². The highest BCUT2D eigenvalue weighted by Gasteiger charge is 2.38. The minimum atomic E-state index is -1.22. The number of aromatic amines is 1. The molecule has 288 valence electrons. The van der Waals surface area contributed by atoms with Crippen LogP contribution in [0.1, 0.15) is 49.4 Å². The molecule has 1 aliphatic heterocycles. The first-order chi connectivity index (χ1) is 26.0. The normalized spacial score (nSPS) is 17.1. The summed E-state index contributed by atoms with van der Waals surface area (Å²) in [5.74, 6) is -1.09. The Morgan fingerprint density at radius 3 is 2.46 bits per heavy atom. The zero-order valence-electron chi connectivity index (χ0n) is 31.1. The van der Waals surface area contributed by atoms with Gasteiger partial charge in [-0.25, -0.2) is 0 Å². The van der Waals surface area contributed by atoms with Gasteiger partial charge in [-0.2, -0.15) is 0 Å². The maximum Gasteiger partial charge on any atom is 0.248 e. The number of hydrogen-bond acceptors (Lipinski definition) is 7. The molecule has 0 spiro atoms. The summed E-state index contributed by atoms with van der Waals surface area (Å²) in [6, 6.07) is 20.5. The molecule has 1 saturated heterocycles. The molecule has 4 aromatic rings. The molecule has 1 aliphatic rings. The molecule has 2 unspecified atom stereocenters. The van der Waals surface area contributed by atoms with E-state index < -0.39 is 23.4 Å². The van der Waals surface area contributed by atoms with E-state index in [-0.39, 0.29) is 56.7 Å². The summed E-state index contributed by atoms with van der Waals surface area (Å²) in [6.45, 7) is 5.46. The lowest BCUT2D eigenvalue weighted by Crippen LogP contribution is -2.53. The largest absolute Gasteiger partial charge is 0.496 e. The van der Waals surface area contributed by atoms with Crippen LogP contribution in [0, 0.1) is 5.41 Å². The number of hydrogen-bond donors (Lipinski definition) is 4. The number of para-hydroxylation sites is 1. The highest BCUT2D eigenvalue weighted by Crippen LogP contribution is 2.35. The summed E-state index contributed by atoms with van der Waals surface area (Å²) in [7, 11) is 1.50. The third-order valence-electron chi connectivity index (χ3n) is 9.34. The van der Waals surface area contributed by atoms with Crippen LogP contribution in [0.15, 0.2) is 83.5 Å². The highest BCUT2D eigenvalue weighted by molar-refractivity contribution is 9.10. The summed E-state index contributed by atoms with van der Waals surface area (Å²) >= 11 is 3.54. The number of nitrogens with zero attached hydrogens (tertiary/aromatic N) is 1. The average molecular weight is 805 g/mol. The smallest absolute Gasteiger partial charge is 0.248 e. The van der Waals surface area contributed by atoms with E-state index in [0.717, 1.165) is 22.0 Å². The van der Waals surface area contributed by atoms with Gasteiger partial charge in [0, 0.05) is 66.0 Å². The van der Waals surface area contributed by atoms with Crippen molar-refractivity contribution in [2.75, 3.05) is 53.2 Å². The number of benzene rings is 3. The maximum absolute atomic E-state index is 14.8. The zero-order valence-corrected chi connectivity index (χ0v) is 32.7. The number of carbonyl (C=O) groups is 4. The van der Waals surface area contributed by atoms with Gasteiger partial charge in [0.15, 0.2) is 0 Å². The molecule has 5 rings (SSSR count). The Morgan fingerprint density at radius 2 is 1.69 bits per heavy atom. The standard InChI is InChI=1S/C41H50BrN5O7/c1-41(2)25-36(48)43-17-19-53-21-22-54-20-18-47(37(49)26-41)38(32-24-30(42)13-14-35(32)52-3)40(51)46-34(23-28-9-5-4-6-10-28)39(50)44-16-15-29-27-45-33-12-8-7-11-31(29)33/h4-14,24,27,34,38,45H,15-23,25-26H2,1-3H3,(H,43,48)(H,44,50)(H,46,51). The number of nitrogens with one attached hydrogen (secondary N) is 4.